The molecule has 1 aromatic heterocycles. The van der Waals surface area contributed by atoms with Crippen LogP contribution in [0.3, 0.4) is 0 Å². The lowest BCUT2D eigenvalue weighted by Crippen LogP contribution is -2.33. The van der Waals surface area contributed by atoms with E-state index in [0.29, 0.717) is 35.0 Å². The molecule has 2 aromatic rings. The molecule has 5 rings (SSSR count). The van der Waals surface area contributed by atoms with E-state index < -0.39 is 12.2 Å². The molecule has 0 spiro atoms. The van der Waals surface area contributed by atoms with Gasteiger partial charge in [-0.2, -0.15) is 5.21 Å². The van der Waals surface area contributed by atoms with Crippen LogP contribution in [0.15, 0.2) is 23.4 Å². The number of aromatic amines is 1. The van der Waals surface area contributed by atoms with Crippen LogP contribution in [-0.2, 0) is 21.0 Å². The van der Waals surface area contributed by atoms with Gasteiger partial charge in [-0.1, -0.05) is 10.4 Å². The Hall–Kier alpha value is -3.77. The van der Waals surface area contributed by atoms with Gasteiger partial charge in [-0.25, -0.2) is 9.18 Å². The number of benzene rings is 1. The molecule has 2 aliphatic heterocycles. The standard InChI is InChI=1S/C20H23FN8O4/c1-11(30)22-5-13-7-29(20(31)33-13)12-2-3-18(17(21)4-12)28-8-15-14(16(15)9-28)6-23-32-10-19-24-26-27-25-19/h2-4,6,13-16H,5,7-10H2,1H3,(H,22,30)(H,24,25,26,27)/t13-,14?,15?,16?/m0/s1. The highest BCUT2D eigenvalue weighted by atomic mass is 19.1. The quantitative estimate of drug-likeness (QED) is 0.435. The van der Waals surface area contributed by atoms with Gasteiger partial charge >= 0.3 is 6.09 Å². The predicted octanol–water partition coefficient (Wildman–Crippen LogP) is 0.685. The lowest BCUT2D eigenvalue weighted by molar-refractivity contribution is -0.119. The molecule has 12 nitrogen and oxygen atoms in total. The van der Waals surface area contributed by atoms with Gasteiger partial charge in [-0.05, 0) is 30.0 Å². The number of hydrogen-bond donors (Lipinski definition) is 2. The molecule has 3 heterocycles. The van der Waals surface area contributed by atoms with Crippen molar-refractivity contribution in [3.63, 3.8) is 0 Å². The number of amides is 2. The molecule has 2 N–H and O–H groups in total. The SMILES string of the molecule is CC(=O)NC[C@H]1CN(c2ccc(N3CC4C(C=NOCc5nn[nH]n5)C4C3)c(F)c2)C(=O)O1. The third-order valence-corrected chi connectivity index (χ3v) is 6.19. The molecule has 2 amide bonds. The number of piperidine rings is 1. The molecular formula is C20H23FN8O4. The summed E-state index contributed by atoms with van der Waals surface area (Å²) in [5, 5.41) is 20.0. The fourth-order valence-corrected chi connectivity index (χ4v) is 4.46. The van der Waals surface area contributed by atoms with Crippen LogP contribution in [0, 0.1) is 23.6 Å². The van der Waals surface area contributed by atoms with E-state index in [4.69, 9.17) is 9.57 Å². The van der Waals surface area contributed by atoms with Crippen LogP contribution in [0.4, 0.5) is 20.6 Å². The fourth-order valence-electron chi connectivity index (χ4n) is 4.46. The summed E-state index contributed by atoms with van der Waals surface area (Å²) >= 11 is 0. The molecule has 1 aliphatic carbocycles. The first-order valence-electron chi connectivity index (χ1n) is 10.6. The summed E-state index contributed by atoms with van der Waals surface area (Å²) < 4.78 is 20.2. The van der Waals surface area contributed by atoms with Gasteiger partial charge in [0.1, 0.15) is 11.9 Å². The Morgan fingerprint density at radius 3 is 2.91 bits per heavy atom. The van der Waals surface area contributed by atoms with Gasteiger partial charge < -0.3 is 19.8 Å². The Kier molecular flexibility index (Phi) is 5.52. The van der Waals surface area contributed by atoms with Crippen molar-refractivity contribution in [1.29, 1.82) is 0 Å². The van der Waals surface area contributed by atoms with Crippen molar-refractivity contribution in [2.75, 3.05) is 36.0 Å². The van der Waals surface area contributed by atoms with E-state index in [0.717, 1.165) is 13.1 Å². The van der Waals surface area contributed by atoms with E-state index in [-0.39, 0.29) is 31.4 Å². The number of halogens is 1. The van der Waals surface area contributed by atoms with E-state index in [1.807, 2.05) is 4.90 Å². The van der Waals surface area contributed by atoms with Gasteiger partial charge in [0.2, 0.25) is 11.7 Å². The molecule has 2 unspecified atom stereocenters. The minimum Gasteiger partial charge on any atom is -0.442 e. The topological polar surface area (TPSA) is 138 Å². The highest BCUT2D eigenvalue weighted by molar-refractivity contribution is 5.90. The van der Waals surface area contributed by atoms with Gasteiger partial charge in [0.25, 0.3) is 0 Å². The molecule has 0 bridgehead atoms. The van der Waals surface area contributed by atoms with Crippen molar-refractivity contribution in [3.8, 4) is 0 Å². The van der Waals surface area contributed by atoms with Crippen molar-refractivity contribution in [3.05, 3.63) is 29.8 Å². The minimum atomic E-state index is -0.552. The Balaban J connectivity index is 1.13. The Morgan fingerprint density at radius 2 is 2.21 bits per heavy atom. The highest BCUT2D eigenvalue weighted by Gasteiger charge is 2.55. The first-order chi connectivity index (χ1) is 16.0. The number of oxime groups is 1. The van der Waals surface area contributed by atoms with Crippen LogP contribution in [0.1, 0.15) is 12.7 Å². The molecule has 3 fully saturated rings. The maximum absolute atomic E-state index is 14.9. The van der Waals surface area contributed by atoms with Crippen LogP contribution in [0.2, 0.25) is 0 Å². The van der Waals surface area contributed by atoms with Crippen molar-refractivity contribution in [1.82, 2.24) is 25.9 Å². The fraction of sp³-hybridized carbons (Fsp3) is 0.500. The predicted molar refractivity (Wildman–Crippen MR) is 113 cm³/mol. The number of tetrazole rings is 1. The van der Waals surface area contributed by atoms with E-state index in [2.05, 4.69) is 31.1 Å². The van der Waals surface area contributed by atoms with E-state index >= 15 is 0 Å². The molecule has 33 heavy (non-hydrogen) atoms. The number of carbonyl (C=O) groups excluding carboxylic acids is 2. The lowest BCUT2D eigenvalue weighted by Gasteiger charge is -2.23. The van der Waals surface area contributed by atoms with E-state index in [9.17, 15) is 14.0 Å². The highest BCUT2D eigenvalue weighted by Crippen LogP contribution is 2.51. The summed E-state index contributed by atoms with van der Waals surface area (Å²) in [6.45, 7) is 3.48. The Labute approximate surface area is 188 Å². The van der Waals surface area contributed by atoms with Crippen molar-refractivity contribution >= 4 is 29.6 Å². The van der Waals surface area contributed by atoms with Crippen LogP contribution >= 0.6 is 0 Å². The average Bonchev–Trinajstić information content (AvgIpc) is 3.27. The second kappa shape index (κ2) is 8.64. The lowest BCUT2D eigenvalue weighted by atomic mass is 10.2. The second-order valence-electron chi connectivity index (χ2n) is 8.36. The number of nitrogens with zero attached hydrogens (tertiary/aromatic N) is 6. The smallest absolute Gasteiger partial charge is 0.414 e. The first kappa shape index (κ1) is 21.1. The minimum absolute atomic E-state index is 0.150. The second-order valence-corrected chi connectivity index (χ2v) is 8.36. The zero-order valence-electron chi connectivity index (χ0n) is 17.8. The summed E-state index contributed by atoms with van der Waals surface area (Å²) in [6.07, 6.45) is 0.774. The first-order valence-corrected chi connectivity index (χ1v) is 10.6. The van der Waals surface area contributed by atoms with E-state index in [1.54, 1.807) is 18.3 Å². The third-order valence-electron chi connectivity index (χ3n) is 6.19. The maximum atomic E-state index is 14.9. The summed E-state index contributed by atoms with van der Waals surface area (Å²) in [4.78, 5) is 31.8. The zero-order valence-corrected chi connectivity index (χ0v) is 17.8. The number of rotatable bonds is 8. The number of carbonyl (C=O) groups is 2. The number of H-pyrrole nitrogens is 1. The van der Waals surface area contributed by atoms with Gasteiger partial charge in [0, 0.05) is 32.1 Å². The summed E-state index contributed by atoms with van der Waals surface area (Å²) in [6, 6.07) is 4.77. The normalized spacial score (nSPS) is 25.9. The summed E-state index contributed by atoms with van der Waals surface area (Å²) in [5.74, 6) is 0.968. The Bertz CT molecular complexity index is 1050. The molecule has 174 valence electrons. The van der Waals surface area contributed by atoms with Gasteiger partial charge in [-0.3, -0.25) is 9.69 Å². The maximum Gasteiger partial charge on any atom is 0.414 e. The number of hydrogen-bond acceptors (Lipinski definition) is 9. The molecule has 1 aromatic carbocycles. The number of fused-ring (bicyclic) bond motifs is 1. The van der Waals surface area contributed by atoms with Crippen LogP contribution < -0.4 is 15.1 Å². The summed E-state index contributed by atoms with van der Waals surface area (Å²) in [7, 11) is 0. The van der Waals surface area contributed by atoms with Gasteiger partial charge in [-0.15, -0.1) is 10.2 Å². The van der Waals surface area contributed by atoms with Crippen LogP contribution in [0.5, 0.6) is 0 Å². The van der Waals surface area contributed by atoms with E-state index in [1.165, 1.54) is 17.9 Å². The van der Waals surface area contributed by atoms with Crippen molar-refractivity contribution in [2.24, 2.45) is 22.9 Å². The van der Waals surface area contributed by atoms with Gasteiger partial charge in [0.05, 0.1) is 24.5 Å². The number of cyclic esters (lactones) is 1. The molecule has 0 radical (unpaired) electrons. The largest absolute Gasteiger partial charge is 0.442 e. The zero-order chi connectivity index (χ0) is 22.9. The monoisotopic (exact) mass is 458 g/mol. The molecule has 3 aliphatic rings. The molecule has 2 saturated heterocycles. The number of ether oxygens (including phenoxy) is 1. The van der Waals surface area contributed by atoms with Gasteiger partial charge in [0.15, 0.2) is 6.61 Å². The molecule has 1 saturated carbocycles. The molecule has 3 atom stereocenters. The number of aromatic nitrogens is 4. The van der Waals surface area contributed by atoms with Crippen LogP contribution in [-0.4, -0.2) is 71.1 Å². The van der Waals surface area contributed by atoms with Crippen molar-refractivity contribution < 1.29 is 23.6 Å². The molecule has 13 heteroatoms. The number of nitrogens with one attached hydrogen (secondary N) is 2. The average molecular weight is 458 g/mol. The number of anilines is 2. The Morgan fingerprint density at radius 1 is 1.39 bits per heavy atom. The van der Waals surface area contributed by atoms with Crippen LogP contribution in [0.25, 0.3) is 0 Å². The molecular weight excluding hydrogens is 435 g/mol. The van der Waals surface area contributed by atoms with Crippen molar-refractivity contribution in [2.45, 2.75) is 19.6 Å². The summed E-state index contributed by atoms with van der Waals surface area (Å²) in [5.41, 5.74) is 0.942. The third kappa shape index (κ3) is 4.43.